The monoisotopic (exact) mass is 396 g/mol. The first kappa shape index (κ1) is 21.1. The van der Waals surface area contributed by atoms with Gasteiger partial charge in [0.2, 0.25) is 0 Å². The van der Waals surface area contributed by atoms with Gasteiger partial charge in [-0.2, -0.15) is 5.10 Å². The summed E-state index contributed by atoms with van der Waals surface area (Å²) >= 11 is 0. The van der Waals surface area contributed by atoms with Gasteiger partial charge < -0.3 is 9.80 Å². The van der Waals surface area contributed by atoms with Crippen molar-refractivity contribution >= 4 is 11.8 Å². The zero-order valence-corrected chi connectivity index (χ0v) is 18.4. The lowest BCUT2D eigenvalue weighted by atomic mass is 10.1. The Morgan fingerprint density at radius 2 is 1.45 bits per heavy atom. The van der Waals surface area contributed by atoms with Crippen molar-refractivity contribution in [3.8, 4) is 0 Å². The third-order valence-electron chi connectivity index (χ3n) is 5.34. The molecule has 6 nitrogen and oxygen atoms in total. The van der Waals surface area contributed by atoms with Crippen LogP contribution in [-0.2, 0) is 5.54 Å². The molecule has 1 aliphatic rings. The van der Waals surface area contributed by atoms with Crippen LogP contribution in [0.5, 0.6) is 0 Å². The number of rotatable bonds is 3. The van der Waals surface area contributed by atoms with Crippen LogP contribution in [0.25, 0.3) is 0 Å². The van der Waals surface area contributed by atoms with E-state index in [2.05, 4.69) is 39.7 Å². The van der Waals surface area contributed by atoms with Gasteiger partial charge in [0.15, 0.2) is 5.69 Å². The number of aromatic nitrogens is 2. The van der Waals surface area contributed by atoms with Crippen molar-refractivity contribution in [1.82, 2.24) is 19.6 Å². The SMILES string of the molecule is Cc1ccc(C(=O)N2CCN(C(=O)c3cc(C(C)C)n(C(C)(C)C)n3)CC2)cc1. The van der Waals surface area contributed by atoms with E-state index in [4.69, 9.17) is 0 Å². The smallest absolute Gasteiger partial charge is 0.274 e. The predicted octanol–water partition coefficient (Wildman–Crippen LogP) is 3.67. The molecular formula is C23H32N4O2. The Balaban J connectivity index is 1.69. The van der Waals surface area contributed by atoms with E-state index in [1.165, 1.54) is 0 Å². The number of benzene rings is 1. The summed E-state index contributed by atoms with van der Waals surface area (Å²) in [5.41, 5.74) is 3.20. The van der Waals surface area contributed by atoms with Crippen LogP contribution in [0.4, 0.5) is 0 Å². The van der Waals surface area contributed by atoms with Crippen molar-refractivity contribution in [2.45, 2.75) is 53.0 Å². The molecule has 29 heavy (non-hydrogen) atoms. The lowest BCUT2D eigenvalue weighted by Crippen LogP contribution is -2.50. The average Bonchev–Trinajstić information content (AvgIpc) is 3.14. The van der Waals surface area contributed by atoms with E-state index in [9.17, 15) is 9.59 Å². The minimum absolute atomic E-state index is 0.0243. The fraction of sp³-hybridized carbons (Fsp3) is 0.522. The van der Waals surface area contributed by atoms with Crippen molar-refractivity contribution in [2.24, 2.45) is 0 Å². The van der Waals surface area contributed by atoms with Gasteiger partial charge in [0.05, 0.1) is 5.54 Å². The number of carbonyl (C=O) groups excluding carboxylic acids is 2. The molecule has 1 aromatic heterocycles. The van der Waals surface area contributed by atoms with E-state index in [-0.39, 0.29) is 23.3 Å². The number of nitrogens with zero attached hydrogens (tertiary/aromatic N) is 4. The van der Waals surface area contributed by atoms with Crippen molar-refractivity contribution in [3.63, 3.8) is 0 Å². The number of aryl methyl sites for hydroxylation is 1. The number of carbonyl (C=O) groups is 2. The Labute approximate surface area is 173 Å². The summed E-state index contributed by atoms with van der Waals surface area (Å²) in [5.74, 6) is 0.251. The van der Waals surface area contributed by atoms with Crippen molar-refractivity contribution < 1.29 is 9.59 Å². The summed E-state index contributed by atoms with van der Waals surface area (Å²) in [4.78, 5) is 29.4. The third kappa shape index (κ3) is 4.52. The molecule has 1 saturated heterocycles. The normalized spacial score (nSPS) is 15.1. The summed E-state index contributed by atoms with van der Waals surface area (Å²) < 4.78 is 1.96. The van der Waals surface area contributed by atoms with Crippen LogP contribution in [0.15, 0.2) is 30.3 Å². The zero-order valence-electron chi connectivity index (χ0n) is 18.4. The van der Waals surface area contributed by atoms with Gasteiger partial charge in [-0.3, -0.25) is 14.3 Å². The molecule has 2 aromatic rings. The maximum atomic E-state index is 13.0. The maximum absolute atomic E-state index is 13.0. The van der Waals surface area contributed by atoms with Crippen LogP contribution >= 0.6 is 0 Å². The fourth-order valence-electron chi connectivity index (χ4n) is 3.60. The van der Waals surface area contributed by atoms with E-state index in [0.29, 0.717) is 37.4 Å². The highest BCUT2D eigenvalue weighted by Crippen LogP contribution is 2.24. The summed E-state index contributed by atoms with van der Waals surface area (Å²) in [6.45, 7) is 14.6. The first-order chi connectivity index (χ1) is 13.6. The van der Waals surface area contributed by atoms with Gasteiger partial charge in [-0.15, -0.1) is 0 Å². The summed E-state index contributed by atoms with van der Waals surface area (Å²) in [5, 5.41) is 4.63. The molecular weight excluding hydrogens is 364 g/mol. The van der Waals surface area contributed by atoms with Crippen LogP contribution in [-0.4, -0.2) is 57.6 Å². The Bertz CT molecular complexity index is 883. The minimum atomic E-state index is -0.183. The number of piperazine rings is 1. The van der Waals surface area contributed by atoms with Crippen LogP contribution in [0.3, 0.4) is 0 Å². The zero-order chi connectivity index (χ0) is 21.3. The number of hydrogen-bond acceptors (Lipinski definition) is 3. The number of hydrogen-bond donors (Lipinski definition) is 0. The van der Waals surface area contributed by atoms with E-state index < -0.39 is 0 Å². The molecule has 1 aromatic carbocycles. The molecule has 1 fully saturated rings. The Kier molecular flexibility index (Phi) is 5.82. The van der Waals surface area contributed by atoms with Gasteiger partial charge in [-0.25, -0.2) is 0 Å². The first-order valence-corrected chi connectivity index (χ1v) is 10.3. The summed E-state index contributed by atoms with van der Waals surface area (Å²) in [6, 6.07) is 9.54. The second-order valence-corrected chi connectivity index (χ2v) is 9.14. The quantitative estimate of drug-likeness (QED) is 0.795. The molecule has 0 bridgehead atoms. The summed E-state index contributed by atoms with van der Waals surface area (Å²) in [7, 11) is 0. The van der Waals surface area contributed by atoms with E-state index in [1.807, 2.05) is 46.8 Å². The van der Waals surface area contributed by atoms with E-state index in [1.54, 1.807) is 4.90 Å². The third-order valence-corrected chi connectivity index (χ3v) is 5.34. The molecule has 1 aliphatic heterocycles. The highest BCUT2D eigenvalue weighted by molar-refractivity contribution is 5.95. The average molecular weight is 397 g/mol. The molecule has 0 N–H and O–H groups in total. The van der Waals surface area contributed by atoms with Crippen LogP contribution in [0.1, 0.15) is 72.6 Å². The lowest BCUT2D eigenvalue weighted by molar-refractivity contribution is 0.0531. The van der Waals surface area contributed by atoms with Gasteiger partial charge >= 0.3 is 0 Å². The predicted molar refractivity (Wildman–Crippen MR) is 114 cm³/mol. The van der Waals surface area contributed by atoms with Gasteiger partial charge in [0, 0.05) is 37.4 Å². The molecule has 0 saturated carbocycles. The lowest BCUT2D eigenvalue weighted by Gasteiger charge is -2.34. The van der Waals surface area contributed by atoms with Crippen LogP contribution in [0, 0.1) is 6.92 Å². The van der Waals surface area contributed by atoms with E-state index in [0.717, 1.165) is 11.3 Å². The standard InChI is InChI=1S/C23H32N4O2/c1-16(2)20-15-19(24-27(20)23(4,5)6)22(29)26-13-11-25(12-14-26)21(28)18-9-7-17(3)8-10-18/h7-10,15-16H,11-14H2,1-6H3. The highest BCUT2D eigenvalue weighted by Gasteiger charge is 2.29. The van der Waals surface area contributed by atoms with Gasteiger partial charge in [-0.1, -0.05) is 31.5 Å². The van der Waals surface area contributed by atoms with Gasteiger partial charge in [0.1, 0.15) is 0 Å². The van der Waals surface area contributed by atoms with Crippen molar-refractivity contribution in [2.75, 3.05) is 26.2 Å². The van der Waals surface area contributed by atoms with Crippen LogP contribution < -0.4 is 0 Å². The Morgan fingerprint density at radius 3 is 1.90 bits per heavy atom. The molecule has 6 heteroatoms. The van der Waals surface area contributed by atoms with Crippen LogP contribution in [0.2, 0.25) is 0 Å². The minimum Gasteiger partial charge on any atom is -0.335 e. The molecule has 0 unspecified atom stereocenters. The summed E-state index contributed by atoms with van der Waals surface area (Å²) in [6.07, 6.45) is 0. The molecule has 0 aliphatic carbocycles. The number of amides is 2. The first-order valence-electron chi connectivity index (χ1n) is 10.3. The van der Waals surface area contributed by atoms with Gasteiger partial charge in [-0.05, 0) is 51.8 Å². The van der Waals surface area contributed by atoms with Crippen molar-refractivity contribution in [3.05, 3.63) is 52.8 Å². The molecule has 156 valence electrons. The van der Waals surface area contributed by atoms with Crippen molar-refractivity contribution in [1.29, 1.82) is 0 Å². The molecule has 0 radical (unpaired) electrons. The second kappa shape index (κ2) is 8.01. The molecule has 0 spiro atoms. The topological polar surface area (TPSA) is 58.4 Å². The fourth-order valence-corrected chi connectivity index (χ4v) is 3.60. The Morgan fingerprint density at radius 1 is 0.931 bits per heavy atom. The highest BCUT2D eigenvalue weighted by atomic mass is 16.2. The van der Waals surface area contributed by atoms with E-state index >= 15 is 0 Å². The maximum Gasteiger partial charge on any atom is 0.274 e. The molecule has 2 amide bonds. The molecule has 0 atom stereocenters. The Hall–Kier alpha value is -2.63. The molecule has 2 heterocycles. The van der Waals surface area contributed by atoms with Gasteiger partial charge in [0.25, 0.3) is 11.8 Å². The largest absolute Gasteiger partial charge is 0.335 e. The molecule has 3 rings (SSSR count). The second-order valence-electron chi connectivity index (χ2n) is 9.14.